The molecule has 0 aliphatic carbocycles. The SMILES string of the molecule is Cc1c(NC(=O)CSc2nc(-c3cccs3)cc(C(F)(F)F)c2C#N)cccc1[N+](=O)[O-]. The Hall–Kier alpha value is -3.43. The number of anilines is 1. The van der Waals surface area contributed by atoms with E-state index in [0.29, 0.717) is 16.6 Å². The van der Waals surface area contributed by atoms with Gasteiger partial charge in [0.1, 0.15) is 11.1 Å². The second kappa shape index (κ2) is 9.37. The third-order valence-corrected chi connectivity index (χ3v) is 6.16. The molecule has 0 bridgehead atoms. The number of nitro groups is 1. The molecule has 1 N–H and O–H groups in total. The first kappa shape index (κ1) is 23.2. The summed E-state index contributed by atoms with van der Waals surface area (Å²) in [6, 6.07) is 9.79. The van der Waals surface area contributed by atoms with Crippen molar-refractivity contribution >= 4 is 40.4 Å². The lowest BCUT2D eigenvalue weighted by Crippen LogP contribution is -2.16. The number of nitriles is 1. The monoisotopic (exact) mass is 478 g/mol. The Bertz CT molecular complexity index is 1220. The first-order valence-electron chi connectivity index (χ1n) is 8.84. The number of pyridine rings is 1. The lowest BCUT2D eigenvalue weighted by Gasteiger charge is -2.14. The van der Waals surface area contributed by atoms with Crippen LogP contribution in [0.25, 0.3) is 10.6 Å². The van der Waals surface area contributed by atoms with E-state index in [-0.39, 0.29) is 33.4 Å². The van der Waals surface area contributed by atoms with E-state index in [0.717, 1.165) is 6.07 Å². The number of hydrogen-bond acceptors (Lipinski definition) is 7. The van der Waals surface area contributed by atoms with Gasteiger partial charge >= 0.3 is 6.18 Å². The Morgan fingerprint density at radius 1 is 1.34 bits per heavy atom. The molecule has 0 spiro atoms. The molecule has 1 aromatic carbocycles. The molecule has 1 amide bonds. The van der Waals surface area contributed by atoms with Gasteiger partial charge in [0, 0.05) is 6.07 Å². The summed E-state index contributed by atoms with van der Waals surface area (Å²) in [6.45, 7) is 1.47. The van der Waals surface area contributed by atoms with Crippen LogP contribution in [0.15, 0.2) is 46.8 Å². The second-order valence-corrected chi connectivity index (χ2v) is 8.28. The van der Waals surface area contributed by atoms with E-state index < -0.39 is 28.1 Å². The molecule has 3 aromatic rings. The molecule has 7 nitrogen and oxygen atoms in total. The van der Waals surface area contributed by atoms with Gasteiger partial charge in [0.05, 0.1) is 43.6 Å². The maximum absolute atomic E-state index is 13.6. The summed E-state index contributed by atoms with van der Waals surface area (Å²) in [6.07, 6.45) is -4.78. The zero-order valence-electron chi connectivity index (χ0n) is 16.3. The van der Waals surface area contributed by atoms with Gasteiger partial charge in [-0.25, -0.2) is 4.98 Å². The third kappa shape index (κ3) is 5.06. The fraction of sp³-hybridized carbons (Fsp3) is 0.150. The number of hydrogen-bond donors (Lipinski definition) is 1. The van der Waals surface area contributed by atoms with Gasteiger partial charge in [-0.15, -0.1) is 11.3 Å². The molecule has 32 heavy (non-hydrogen) atoms. The Kier molecular flexibility index (Phi) is 6.81. The number of aromatic nitrogens is 1. The fourth-order valence-corrected chi connectivity index (χ4v) is 4.27. The van der Waals surface area contributed by atoms with Crippen LogP contribution in [0.1, 0.15) is 16.7 Å². The van der Waals surface area contributed by atoms with Crippen LogP contribution in [-0.2, 0) is 11.0 Å². The molecule has 2 aromatic heterocycles. The first-order chi connectivity index (χ1) is 15.1. The summed E-state index contributed by atoms with van der Waals surface area (Å²) in [4.78, 5) is 27.5. The Labute approximate surface area is 188 Å². The zero-order chi connectivity index (χ0) is 23.5. The van der Waals surface area contributed by atoms with Crippen LogP contribution < -0.4 is 5.32 Å². The molecule has 2 heterocycles. The molecular formula is C20H13F3N4O3S2. The minimum absolute atomic E-state index is 0.0451. The van der Waals surface area contributed by atoms with Crippen LogP contribution in [0, 0.1) is 28.4 Å². The molecule has 0 saturated carbocycles. The molecule has 0 fully saturated rings. The Morgan fingerprint density at radius 2 is 2.09 bits per heavy atom. The maximum Gasteiger partial charge on any atom is 0.417 e. The number of thioether (sulfide) groups is 1. The average Bonchev–Trinajstić information content (AvgIpc) is 3.27. The number of thiophene rings is 1. The van der Waals surface area contributed by atoms with Gasteiger partial charge in [-0.05, 0) is 30.5 Å². The van der Waals surface area contributed by atoms with Crippen LogP contribution in [0.4, 0.5) is 24.5 Å². The van der Waals surface area contributed by atoms with Crippen molar-refractivity contribution in [2.24, 2.45) is 0 Å². The summed E-state index contributed by atoms with van der Waals surface area (Å²) >= 11 is 1.87. The van der Waals surface area contributed by atoms with Crippen molar-refractivity contribution in [3.8, 4) is 16.6 Å². The third-order valence-electron chi connectivity index (χ3n) is 4.29. The van der Waals surface area contributed by atoms with E-state index in [1.54, 1.807) is 17.5 Å². The zero-order valence-corrected chi connectivity index (χ0v) is 17.9. The number of amides is 1. The van der Waals surface area contributed by atoms with Gasteiger partial charge in [0.15, 0.2) is 0 Å². The number of nitro benzene ring substituents is 1. The maximum atomic E-state index is 13.6. The number of carbonyl (C=O) groups is 1. The van der Waals surface area contributed by atoms with Crippen LogP contribution in [-0.4, -0.2) is 21.6 Å². The van der Waals surface area contributed by atoms with Gasteiger partial charge in [-0.2, -0.15) is 18.4 Å². The number of halogens is 3. The van der Waals surface area contributed by atoms with E-state index in [4.69, 9.17) is 0 Å². The number of benzene rings is 1. The molecular weight excluding hydrogens is 465 g/mol. The van der Waals surface area contributed by atoms with Crippen molar-refractivity contribution in [1.29, 1.82) is 5.26 Å². The summed E-state index contributed by atoms with van der Waals surface area (Å²) < 4.78 is 40.7. The number of nitrogens with one attached hydrogen (secondary N) is 1. The predicted octanol–water partition coefficient (Wildman–Crippen LogP) is 5.65. The van der Waals surface area contributed by atoms with Crippen molar-refractivity contribution in [2.45, 2.75) is 18.1 Å². The lowest BCUT2D eigenvalue weighted by atomic mass is 10.1. The van der Waals surface area contributed by atoms with Crippen molar-refractivity contribution in [3.63, 3.8) is 0 Å². The molecule has 3 rings (SSSR count). The normalized spacial score (nSPS) is 11.1. The molecule has 12 heteroatoms. The van der Waals surface area contributed by atoms with Crippen LogP contribution in [0.3, 0.4) is 0 Å². The number of rotatable bonds is 6. The van der Waals surface area contributed by atoms with E-state index in [1.807, 2.05) is 0 Å². The largest absolute Gasteiger partial charge is 0.417 e. The topological polar surface area (TPSA) is 109 Å². The quantitative estimate of drug-likeness (QED) is 0.279. The molecule has 0 aliphatic rings. The van der Waals surface area contributed by atoms with Gasteiger partial charge < -0.3 is 5.32 Å². The van der Waals surface area contributed by atoms with E-state index >= 15 is 0 Å². The number of alkyl halides is 3. The number of carbonyl (C=O) groups excluding carboxylic acids is 1. The molecule has 0 saturated heterocycles. The number of nitrogens with zero attached hydrogens (tertiary/aromatic N) is 3. The second-order valence-electron chi connectivity index (χ2n) is 6.37. The molecule has 164 valence electrons. The smallest absolute Gasteiger partial charge is 0.325 e. The Morgan fingerprint density at radius 3 is 2.69 bits per heavy atom. The highest BCUT2D eigenvalue weighted by atomic mass is 32.2. The molecule has 0 radical (unpaired) electrons. The first-order valence-corrected chi connectivity index (χ1v) is 10.7. The van der Waals surface area contributed by atoms with Gasteiger partial charge in [0.2, 0.25) is 5.91 Å². The minimum Gasteiger partial charge on any atom is -0.325 e. The van der Waals surface area contributed by atoms with Crippen LogP contribution in [0.2, 0.25) is 0 Å². The van der Waals surface area contributed by atoms with E-state index in [2.05, 4.69) is 10.3 Å². The van der Waals surface area contributed by atoms with Crippen molar-refractivity contribution < 1.29 is 22.9 Å². The van der Waals surface area contributed by atoms with Gasteiger partial charge in [-0.3, -0.25) is 14.9 Å². The van der Waals surface area contributed by atoms with Gasteiger partial charge in [0.25, 0.3) is 5.69 Å². The molecule has 0 aliphatic heterocycles. The highest BCUT2D eigenvalue weighted by molar-refractivity contribution is 8.00. The standard InChI is InChI=1S/C20H13F3N4O3S2/c1-11-14(4-2-5-16(11)27(29)30)25-18(28)10-32-19-12(9-24)13(20(21,22)23)8-15(26-19)17-6-3-7-31-17/h2-8H,10H2,1H3,(H,25,28). The minimum atomic E-state index is -4.78. The van der Waals surface area contributed by atoms with Crippen LogP contribution in [0.5, 0.6) is 0 Å². The summed E-state index contributed by atoms with van der Waals surface area (Å²) in [5.74, 6) is -0.964. The van der Waals surface area contributed by atoms with E-state index in [1.165, 1.54) is 42.5 Å². The summed E-state index contributed by atoms with van der Waals surface area (Å²) in [7, 11) is 0. The van der Waals surface area contributed by atoms with E-state index in [9.17, 15) is 33.3 Å². The summed E-state index contributed by atoms with van der Waals surface area (Å²) in [5.41, 5.74) is -1.48. The van der Waals surface area contributed by atoms with Gasteiger partial charge in [-0.1, -0.05) is 23.9 Å². The fourth-order valence-electron chi connectivity index (χ4n) is 2.79. The molecule has 0 atom stereocenters. The van der Waals surface area contributed by atoms with Crippen molar-refractivity contribution in [1.82, 2.24) is 4.98 Å². The highest BCUT2D eigenvalue weighted by Crippen LogP contribution is 2.38. The van der Waals surface area contributed by atoms with Crippen molar-refractivity contribution in [3.05, 3.63) is 68.6 Å². The highest BCUT2D eigenvalue weighted by Gasteiger charge is 2.36. The molecule has 0 unspecified atom stereocenters. The predicted molar refractivity (Wildman–Crippen MR) is 114 cm³/mol. The lowest BCUT2D eigenvalue weighted by molar-refractivity contribution is -0.385. The average molecular weight is 478 g/mol. The summed E-state index contributed by atoms with van der Waals surface area (Å²) in [5, 5.41) is 24.3. The Balaban J connectivity index is 1.88. The van der Waals surface area contributed by atoms with Crippen molar-refractivity contribution in [2.75, 3.05) is 11.1 Å². The van der Waals surface area contributed by atoms with Crippen LogP contribution >= 0.6 is 23.1 Å².